The zero-order valence-electron chi connectivity index (χ0n) is 8.18. The summed E-state index contributed by atoms with van der Waals surface area (Å²) in [5.74, 6) is 0.478. The Kier molecular flexibility index (Phi) is 2.36. The number of nitrogens with two attached hydrogens (primary N) is 1. The maximum Gasteiger partial charge on any atom is 0.0538 e. The van der Waals surface area contributed by atoms with Gasteiger partial charge in [0.05, 0.1) is 11.9 Å². The molecule has 1 rings (SSSR count). The molecule has 12 heavy (non-hydrogen) atoms. The minimum Gasteiger partial charge on any atom is -0.397 e. The van der Waals surface area contributed by atoms with Gasteiger partial charge in [-0.2, -0.15) is 0 Å². The maximum atomic E-state index is 5.83. The van der Waals surface area contributed by atoms with Crippen LogP contribution in [0.3, 0.4) is 0 Å². The van der Waals surface area contributed by atoms with E-state index in [0.717, 1.165) is 11.4 Å². The van der Waals surface area contributed by atoms with E-state index < -0.39 is 0 Å². The molecular formula is C10H16N2. The SMILES string of the molecule is Cc1ncc(N)c(C(C)C)c1C. The number of pyridine rings is 1. The summed E-state index contributed by atoms with van der Waals surface area (Å²) in [5, 5.41) is 0. The molecular weight excluding hydrogens is 148 g/mol. The molecule has 0 aromatic carbocycles. The Morgan fingerprint density at radius 2 is 1.92 bits per heavy atom. The van der Waals surface area contributed by atoms with E-state index in [0.29, 0.717) is 5.92 Å². The van der Waals surface area contributed by atoms with Gasteiger partial charge in [0.1, 0.15) is 0 Å². The molecule has 0 radical (unpaired) electrons. The molecule has 1 aromatic rings. The van der Waals surface area contributed by atoms with Crippen molar-refractivity contribution in [2.75, 3.05) is 5.73 Å². The van der Waals surface area contributed by atoms with Crippen LogP contribution in [0.15, 0.2) is 6.20 Å². The molecule has 0 saturated carbocycles. The molecule has 2 heteroatoms. The molecule has 1 aromatic heterocycles. The number of anilines is 1. The Hall–Kier alpha value is -1.05. The Balaban J connectivity index is 3.33. The maximum absolute atomic E-state index is 5.83. The Bertz CT molecular complexity index is 290. The number of hydrogen-bond donors (Lipinski definition) is 1. The molecule has 1 heterocycles. The molecule has 0 aliphatic carbocycles. The third kappa shape index (κ3) is 1.42. The van der Waals surface area contributed by atoms with Crippen LogP contribution < -0.4 is 5.73 Å². The van der Waals surface area contributed by atoms with Crippen molar-refractivity contribution in [2.45, 2.75) is 33.6 Å². The minimum absolute atomic E-state index is 0.478. The van der Waals surface area contributed by atoms with Gasteiger partial charge in [0, 0.05) is 5.69 Å². The van der Waals surface area contributed by atoms with Crippen LogP contribution in [-0.4, -0.2) is 4.98 Å². The normalized spacial score (nSPS) is 10.8. The zero-order valence-corrected chi connectivity index (χ0v) is 8.18. The highest BCUT2D eigenvalue weighted by atomic mass is 14.7. The van der Waals surface area contributed by atoms with E-state index in [9.17, 15) is 0 Å². The molecule has 2 N–H and O–H groups in total. The highest BCUT2D eigenvalue weighted by Crippen LogP contribution is 2.25. The zero-order chi connectivity index (χ0) is 9.30. The second-order valence-corrected chi connectivity index (χ2v) is 3.49. The Labute approximate surface area is 73.8 Å². The van der Waals surface area contributed by atoms with Crippen molar-refractivity contribution in [3.8, 4) is 0 Å². The highest BCUT2D eigenvalue weighted by Gasteiger charge is 2.09. The second kappa shape index (κ2) is 3.13. The topological polar surface area (TPSA) is 38.9 Å². The number of aromatic nitrogens is 1. The van der Waals surface area contributed by atoms with E-state index in [2.05, 4.69) is 25.8 Å². The van der Waals surface area contributed by atoms with Gasteiger partial charge in [0.15, 0.2) is 0 Å². The van der Waals surface area contributed by atoms with E-state index in [1.807, 2.05) is 6.92 Å². The van der Waals surface area contributed by atoms with E-state index in [4.69, 9.17) is 5.73 Å². The average molecular weight is 164 g/mol. The van der Waals surface area contributed by atoms with Gasteiger partial charge in [0.2, 0.25) is 0 Å². The van der Waals surface area contributed by atoms with Gasteiger partial charge in [-0.25, -0.2) is 0 Å². The quantitative estimate of drug-likeness (QED) is 0.692. The molecule has 66 valence electrons. The first-order valence-corrected chi connectivity index (χ1v) is 4.25. The highest BCUT2D eigenvalue weighted by molar-refractivity contribution is 5.51. The summed E-state index contributed by atoms with van der Waals surface area (Å²) in [6, 6.07) is 0. The summed E-state index contributed by atoms with van der Waals surface area (Å²) in [5.41, 5.74) is 10.2. The smallest absolute Gasteiger partial charge is 0.0538 e. The van der Waals surface area contributed by atoms with Crippen LogP contribution in [0.5, 0.6) is 0 Å². The van der Waals surface area contributed by atoms with Crippen LogP contribution in [0.2, 0.25) is 0 Å². The number of rotatable bonds is 1. The van der Waals surface area contributed by atoms with Crippen molar-refractivity contribution in [1.82, 2.24) is 4.98 Å². The van der Waals surface area contributed by atoms with Gasteiger partial charge in [-0.15, -0.1) is 0 Å². The van der Waals surface area contributed by atoms with Crippen molar-refractivity contribution < 1.29 is 0 Å². The Morgan fingerprint density at radius 1 is 1.33 bits per heavy atom. The first kappa shape index (κ1) is 9.04. The summed E-state index contributed by atoms with van der Waals surface area (Å²) in [6.45, 7) is 8.39. The average Bonchev–Trinajstić information content (AvgIpc) is 1.97. The van der Waals surface area contributed by atoms with Crippen molar-refractivity contribution >= 4 is 5.69 Å². The lowest BCUT2D eigenvalue weighted by molar-refractivity contribution is 0.850. The van der Waals surface area contributed by atoms with Crippen molar-refractivity contribution in [3.63, 3.8) is 0 Å². The van der Waals surface area contributed by atoms with Gasteiger partial charge in [-0.1, -0.05) is 13.8 Å². The largest absolute Gasteiger partial charge is 0.397 e. The van der Waals surface area contributed by atoms with E-state index in [1.54, 1.807) is 6.20 Å². The molecule has 0 bridgehead atoms. The lowest BCUT2D eigenvalue weighted by Gasteiger charge is -2.13. The van der Waals surface area contributed by atoms with Crippen LogP contribution in [0.4, 0.5) is 5.69 Å². The van der Waals surface area contributed by atoms with Crippen LogP contribution in [0.25, 0.3) is 0 Å². The van der Waals surface area contributed by atoms with E-state index in [-0.39, 0.29) is 0 Å². The summed E-state index contributed by atoms with van der Waals surface area (Å²) in [7, 11) is 0. The first-order chi connectivity index (χ1) is 5.54. The monoisotopic (exact) mass is 164 g/mol. The standard InChI is InChI=1S/C10H16N2/c1-6(2)10-7(3)8(4)12-5-9(10)11/h5-6H,11H2,1-4H3. The van der Waals surface area contributed by atoms with E-state index >= 15 is 0 Å². The van der Waals surface area contributed by atoms with Gasteiger partial charge in [0.25, 0.3) is 0 Å². The van der Waals surface area contributed by atoms with Crippen molar-refractivity contribution in [1.29, 1.82) is 0 Å². The molecule has 0 aliphatic heterocycles. The fourth-order valence-corrected chi connectivity index (χ4v) is 1.51. The molecule has 0 unspecified atom stereocenters. The molecule has 0 amide bonds. The van der Waals surface area contributed by atoms with Gasteiger partial charge in [-0.3, -0.25) is 4.98 Å². The molecule has 0 aliphatic rings. The summed E-state index contributed by atoms with van der Waals surface area (Å²) >= 11 is 0. The first-order valence-electron chi connectivity index (χ1n) is 4.25. The number of aryl methyl sites for hydroxylation is 1. The lowest BCUT2D eigenvalue weighted by atomic mass is 9.96. The predicted octanol–water partition coefficient (Wildman–Crippen LogP) is 2.40. The lowest BCUT2D eigenvalue weighted by Crippen LogP contribution is -2.02. The van der Waals surface area contributed by atoms with Gasteiger partial charge in [-0.05, 0) is 30.9 Å². The molecule has 0 saturated heterocycles. The summed E-state index contributed by atoms with van der Waals surface area (Å²) < 4.78 is 0. The van der Waals surface area contributed by atoms with Crippen LogP contribution >= 0.6 is 0 Å². The van der Waals surface area contributed by atoms with Gasteiger partial charge < -0.3 is 5.73 Å². The summed E-state index contributed by atoms with van der Waals surface area (Å²) in [6.07, 6.45) is 1.75. The second-order valence-electron chi connectivity index (χ2n) is 3.49. The molecule has 0 atom stereocenters. The third-order valence-electron chi connectivity index (χ3n) is 2.23. The van der Waals surface area contributed by atoms with Crippen molar-refractivity contribution in [3.05, 3.63) is 23.0 Å². The van der Waals surface area contributed by atoms with Gasteiger partial charge >= 0.3 is 0 Å². The van der Waals surface area contributed by atoms with Crippen molar-refractivity contribution in [2.24, 2.45) is 0 Å². The molecule has 0 spiro atoms. The van der Waals surface area contributed by atoms with Crippen LogP contribution in [0, 0.1) is 13.8 Å². The third-order valence-corrected chi connectivity index (χ3v) is 2.23. The number of nitrogens with zero attached hydrogens (tertiary/aromatic N) is 1. The Morgan fingerprint density at radius 3 is 2.33 bits per heavy atom. The predicted molar refractivity (Wildman–Crippen MR) is 52.2 cm³/mol. The van der Waals surface area contributed by atoms with E-state index in [1.165, 1.54) is 11.1 Å². The fraction of sp³-hybridized carbons (Fsp3) is 0.500. The molecule has 2 nitrogen and oxygen atoms in total. The van der Waals surface area contributed by atoms with Crippen LogP contribution in [0.1, 0.15) is 36.6 Å². The number of hydrogen-bond acceptors (Lipinski definition) is 2. The summed E-state index contributed by atoms with van der Waals surface area (Å²) in [4.78, 5) is 4.20. The molecule has 0 fully saturated rings. The minimum atomic E-state index is 0.478. The fourth-order valence-electron chi connectivity index (χ4n) is 1.51. The van der Waals surface area contributed by atoms with Crippen LogP contribution in [-0.2, 0) is 0 Å². The number of nitrogen functional groups attached to an aromatic ring is 1.